The molecule has 0 heterocycles. The fraction of sp³-hybridized carbons (Fsp3) is 0.188. The Morgan fingerprint density at radius 3 is 2.50 bits per heavy atom. The largest absolute Gasteiger partial charge is 0.494 e. The van der Waals surface area contributed by atoms with Crippen LogP contribution in [0.5, 0.6) is 5.75 Å². The molecule has 104 valence electrons. The molecule has 0 fully saturated rings. The normalized spacial score (nSPS) is 10.1. The second-order valence-electron chi connectivity index (χ2n) is 4.41. The molecule has 1 amide bonds. The summed E-state index contributed by atoms with van der Waals surface area (Å²) in [5.74, 6) is 0.576. The van der Waals surface area contributed by atoms with Gasteiger partial charge in [0.1, 0.15) is 5.75 Å². The van der Waals surface area contributed by atoms with Crippen LogP contribution in [0.3, 0.4) is 0 Å². The molecule has 0 spiro atoms. The molecule has 0 aliphatic heterocycles. The average molecular weight is 270 g/mol. The van der Waals surface area contributed by atoms with Crippen molar-refractivity contribution >= 4 is 17.3 Å². The maximum absolute atomic E-state index is 12.1. The number of anilines is 2. The Kier molecular flexibility index (Phi) is 4.60. The van der Waals surface area contributed by atoms with Gasteiger partial charge in [-0.25, -0.2) is 0 Å². The predicted octanol–water partition coefficient (Wildman–Crippen LogP) is 3.31. The molecule has 0 saturated carbocycles. The molecule has 20 heavy (non-hydrogen) atoms. The molecular formula is C16H18N2O2. The van der Waals surface area contributed by atoms with Crippen LogP contribution in [0, 0.1) is 0 Å². The highest BCUT2D eigenvalue weighted by atomic mass is 16.5. The van der Waals surface area contributed by atoms with E-state index in [-0.39, 0.29) is 5.91 Å². The molecule has 2 aromatic carbocycles. The van der Waals surface area contributed by atoms with Crippen molar-refractivity contribution in [3.8, 4) is 5.75 Å². The quantitative estimate of drug-likeness (QED) is 0.819. The van der Waals surface area contributed by atoms with E-state index in [1.54, 1.807) is 36.4 Å². The number of hydrogen-bond acceptors (Lipinski definition) is 3. The Balaban J connectivity index is 2.04. The number of amides is 1. The number of nitrogen functional groups attached to an aromatic ring is 1. The lowest BCUT2D eigenvalue weighted by molar-refractivity contribution is 0.102. The zero-order valence-electron chi connectivity index (χ0n) is 11.4. The molecule has 0 aromatic heterocycles. The fourth-order valence-corrected chi connectivity index (χ4v) is 1.73. The van der Waals surface area contributed by atoms with Crippen molar-refractivity contribution in [2.75, 3.05) is 17.7 Å². The lowest BCUT2D eigenvalue weighted by Gasteiger charge is -2.09. The molecule has 2 aromatic rings. The summed E-state index contributed by atoms with van der Waals surface area (Å²) >= 11 is 0. The van der Waals surface area contributed by atoms with E-state index in [2.05, 4.69) is 5.32 Å². The number of carbonyl (C=O) groups is 1. The second kappa shape index (κ2) is 6.61. The fourth-order valence-electron chi connectivity index (χ4n) is 1.73. The van der Waals surface area contributed by atoms with Crippen LogP contribution in [0.2, 0.25) is 0 Å². The number of nitrogens with two attached hydrogens (primary N) is 1. The van der Waals surface area contributed by atoms with E-state index in [1.807, 2.05) is 19.1 Å². The third kappa shape index (κ3) is 3.51. The maximum atomic E-state index is 12.1. The molecule has 0 radical (unpaired) electrons. The number of hydrogen-bond donors (Lipinski definition) is 2. The van der Waals surface area contributed by atoms with Crippen molar-refractivity contribution in [3.05, 3.63) is 54.1 Å². The zero-order valence-corrected chi connectivity index (χ0v) is 11.4. The minimum absolute atomic E-state index is 0.190. The summed E-state index contributed by atoms with van der Waals surface area (Å²) < 4.78 is 5.48. The van der Waals surface area contributed by atoms with Crippen molar-refractivity contribution < 1.29 is 9.53 Å². The van der Waals surface area contributed by atoms with Crippen molar-refractivity contribution in [3.63, 3.8) is 0 Å². The van der Waals surface area contributed by atoms with E-state index in [0.717, 1.165) is 12.2 Å². The Morgan fingerprint density at radius 1 is 1.15 bits per heavy atom. The van der Waals surface area contributed by atoms with Crippen molar-refractivity contribution in [2.24, 2.45) is 0 Å². The van der Waals surface area contributed by atoms with Gasteiger partial charge in [-0.1, -0.05) is 19.1 Å². The van der Waals surface area contributed by atoms with E-state index in [9.17, 15) is 4.79 Å². The molecule has 0 atom stereocenters. The molecule has 0 saturated heterocycles. The first-order chi connectivity index (χ1) is 9.70. The number of nitrogens with one attached hydrogen (secondary N) is 1. The average Bonchev–Trinajstić information content (AvgIpc) is 2.48. The minimum atomic E-state index is -0.190. The molecule has 0 aliphatic rings. The van der Waals surface area contributed by atoms with Gasteiger partial charge in [-0.3, -0.25) is 4.79 Å². The van der Waals surface area contributed by atoms with Gasteiger partial charge < -0.3 is 15.8 Å². The van der Waals surface area contributed by atoms with Crippen LogP contribution >= 0.6 is 0 Å². The lowest BCUT2D eigenvalue weighted by atomic mass is 10.2. The maximum Gasteiger partial charge on any atom is 0.255 e. The van der Waals surface area contributed by atoms with E-state index in [4.69, 9.17) is 10.5 Å². The zero-order chi connectivity index (χ0) is 14.4. The van der Waals surface area contributed by atoms with Crippen LogP contribution in [0.1, 0.15) is 23.7 Å². The van der Waals surface area contributed by atoms with Gasteiger partial charge in [-0.15, -0.1) is 0 Å². The smallest absolute Gasteiger partial charge is 0.255 e. The molecule has 4 nitrogen and oxygen atoms in total. The van der Waals surface area contributed by atoms with Gasteiger partial charge in [0.15, 0.2) is 0 Å². The lowest BCUT2D eigenvalue weighted by Crippen LogP contribution is -2.13. The summed E-state index contributed by atoms with van der Waals surface area (Å²) in [5, 5.41) is 2.78. The van der Waals surface area contributed by atoms with Crippen molar-refractivity contribution in [1.29, 1.82) is 0 Å². The van der Waals surface area contributed by atoms with E-state index in [0.29, 0.717) is 23.5 Å². The summed E-state index contributed by atoms with van der Waals surface area (Å²) in [5.41, 5.74) is 7.52. The van der Waals surface area contributed by atoms with Gasteiger partial charge in [0, 0.05) is 5.56 Å². The van der Waals surface area contributed by atoms with Gasteiger partial charge in [0.05, 0.1) is 18.0 Å². The molecular weight excluding hydrogens is 252 g/mol. The first-order valence-corrected chi connectivity index (χ1v) is 6.59. The highest BCUT2D eigenvalue weighted by molar-refractivity contribution is 6.05. The van der Waals surface area contributed by atoms with Crippen LogP contribution in [0.15, 0.2) is 48.5 Å². The highest BCUT2D eigenvalue weighted by Gasteiger charge is 2.07. The van der Waals surface area contributed by atoms with Gasteiger partial charge in [-0.2, -0.15) is 0 Å². The Bertz CT molecular complexity index is 579. The SMILES string of the molecule is CCCOc1ccc(C(=O)Nc2ccccc2N)cc1. The van der Waals surface area contributed by atoms with E-state index in [1.165, 1.54) is 0 Å². The van der Waals surface area contributed by atoms with Crippen LogP contribution in [0.4, 0.5) is 11.4 Å². The third-order valence-electron chi connectivity index (χ3n) is 2.80. The summed E-state index contributed by atoms with van der Waals surface area (Å²) in [6.07, 6.45) is 0.954. The molecule has 4 heteroatoms. The number of carbonyl (C=O) groups excluding carboxylic acids is 1. The Hall–Kier alpha value is -2.49. The summed E-state index contributed by atoms with van der Waals surface area (Å²) in [6, 6.07) is 14.2. The third-order valence-corrected chi connectivity index (χ3v) is 2.80. The van der Waals surface area contributed by atoms with Gasteiger partial charge in [0.2, 0.25) is 0 Å². The topological polar surface area (TPSA) is 64.3 Å². The molecule has 2 rings (SSSR count). The number of benzene rings is 2. The second-order valence-corrected chi connectivity index (χ2v) is 4.41. The van der Waals surface area contributed by atoms with Crippen LogP contribution < -0.4 is 15.8 Å². The Morgan fingerprint density at radius 2 is 1.85 bits per heavy atom. The van der Waals surface area contributed by atoms with Crippen LogP contribution in [-0.2, 0) is 0 Å². The summed E-state index contributed by atoms with van der Waals surface area (Å²) in [4.78, 5) is 12.1. The first kappa shape index (κ1) is 13.9. The number of rotatable bonds is 5. The van der Waals surface area contributed by atoms with Crippen molar-refractivity contribution in [1.82, 2.24) is 0 Å². The minimum Gasteiger partial charge on any atom is -0.494 e. The van der Waals surface area contributed by atoms with Crippen LogP contribution in [-0.4, -0.2) is 12.5 Å². The van der Waals surface area contributed by atoms with Gasteiger partial charge >= 0.3 is 0 Å². The van der Waals surface area contributed by atoms with Crippen molar-refractivity contribution in [2.45, 2.75) is 13.3 Å². The monoisotopic (exact) mass is 270 g/mol. The van der Waals surface area contributed by atoms with Gasteiger partial charge in [0.25, 0.3) is 5.91 Å². The highest BCUT2D eigenvalue weighted by Crippen LogP contribution is 2.19. The van der Waals surface area contributed by atoms with E-state index >= 15 is 0 Å². The van der Waals surface area contributed by atoms with Gasteiger partial charge in [-0.05, 0) is 42.8 Å². The number of ether oxygens (including phenoxy) is 1. The molecule has 0 aliphatic carbocycles. The summed E-state index contributed by atoms with van der Waals surface area (Å²) in [6.45, 7) is 2.72. The predicted molar refractivity (Wildman–Crippen MR) is 81.0 cm³/mol. The number of para-hydroxylation sites is 2. The van der Waals surface area contributed by atoms with Crippen LogP contribution in [0.25, 0.3) is 0 Å². The molecule has 0 unspecified atom stereocenters. The molecule has 0 bridgehead atoms. The van der Waals surface area contributed by atoms with E-state index < -0.39 is 0 Å². The Labute approximate surface area is 118 Å². The first-order valence-electron chi connectivity index (χ1n) is 6.59. The standard InChI is InChI=1S/C16H18N2O2/c1-2-11-20-13-9-7-12(8-10-13)16(19)18-15-6-4-3-5-14(15)17/h3-10H,2,11,17H2,1H3,(H,18,19). The summed E-state index contributed by atoms with van der Waals surface area (Å²) in [7, 11) is 0. The molecule has 3 N–H and O–H groups in total.